The summed E-state index contributed by atoms with van der Waals surface area (Å²) in [6.07, 6.45) is 1.96. The molecule has 1 aromatic heterocycles. The Bertz CT molecular complexity index is 998. The number of anilines is 1. The van der Waals surface area contributed by atoms with Crippen molar-refractivity contribution in [3.63, 3.8) is 0 Å². The van der Waals surface area contributed by atoms with E-state index in [1.54, 1.807) is 23.1 Å². The highest BCUT2D eigenvalue weighted by molar-refractivity contribution is 7.98. The second kappa shape index (κ2) is 9.29. The Morgan fingerprint density at radius 1 is 1.03 bits per heavy atom. The topological polar surface area (TPSA) is 58.2 Å². The smallest absolute Gasteiger partial charge is 0.252 e. The molecular weight excluding hydrogens is 400 g/mol. The molecule has 0 radical (unpaired) electrons. The lowest BCUT2D eigenvalue weighted by atomic mass is 10.1. The molecule has 0 aliphatic heterocycles. The summed E-state index contributed by atoms with van der Waals surface area (Å²) in [7, 11) is 0. The molecule has 4 nitrogen and oxygen atoms in total. The van der Waals surface area contributed by atoms with Gasteiger partial charge >= 0.3 is 0 Å². The maximum Gasteiger partial charge on any atom is 0.252 e. The number of thioether (sulfide) groups is 1. The molecule has 1 saturated carbocycles. The minimum absolute atomic E-state index is 0.0859. The second-order valence-electron chi connectivity index (χ2n) is 7.06. The van der Waals surface area contributed by atoms with Crippen LogP contribution in [0.25, 0.3) is 0 Å². The highest BCUT2D eigenvalue weighted by atomic mass is 32.2. The number of benzene rings is 2. The van der Waals surface area contributed by atoms with Crippen LogP contribution in [-0.4, -0.2) is 11.8 Å². The summed E-state index contributed by atoms with van der Waals surface area (Å²) in [6, 6.07) is 17.4. The third-order valence-electron chi connectivity index (χ3n) is 4.70. The normalized spacial score (nSPS) is 13.1. The van der Waals surface area contributed by atoms with Crippen LogP contribution in [0.1, 0.15) is 34.3 Å². The molecule has 3 aromatic rings. The number of hydrogen-bond donors (Lipinski definition) is 2. The van der Waals surface area contributed by atoms with Gasteiger partial charge in [-0.25, -0.2) is 0 Å². The molecule has 0 saturated heterocycles. The van der Waals surface area contributed by atoms with E-state index < -0.39 is 0 Å². The van der Waals surface area contributed by atoms with Gasteiger partial charge in [-0.1, -0.05) is 24.3 Å². The molecule has 1 fully saturated rings. The highest BCUT2D eigenvalue weighted by Crippen LogP contribution is 2.30. The van der Waals surface area contributed by atoms with E-state index in [0.717, 1.165) is 34.7 Å². The first-order valence-electron chi connectivity index (χ1n) is 9.60. The zero-order valence-electron chi connectivity index (χ0n) is 15.9. The van der Waals surface area contributed by atoms with Gasteiger partial charge in [0.1, 0.15) is 0 Å². The van der Waals surface area contributed by atoms with E-state index in [2.05, 4.69) is 27.5 Å². The summed E-state index contributed by atoms with van der Waals surface area (Å²) in [5.41, 5.74) is 3.68. The monoisotopic (exact) mass is 422 g/mol. The summed E-state index contributed by atoms with van der Waals surface area (Å²) >= 11 is 3.35. The molecule has 0 spiro atoms. The van der Waals surface area contributed by atoms with Crippen LogP contribution < -0.4 is 10.6 Å². The van der Waals surface area contributed by atoms with E-state index >= 15 is 0 Å². The molecule has 0 atom stereocenters. The van der Waals surface area contributed by atoms with E-state index in [1.165, 1.54) is 5.56 Å². The number of carbonyl (C=O) groups excluding carboxylic acids is 2. The number of carbonyl (C=O) groups is 2. The van der Waals surface area contributed by atoms with Crippen LogP contribution in [0.2, 0.25) is 0 Å². The van der Waals surface area contributed by atoms with Crippen molar-refractivity contribution < 1.29 is 9.59 Å². The average molecular weight is 423 g/mol. The van der Waals surface area contributed by atoms with Crippen molar-refractivity contribution in [1.29, 1.82) is 0 Å². The zero-order valence-corrected chi connectivity index (χ0v) is 17.5. The Morgan fingerprint density at radius 2 is 1.90 bits per heavy atom. The molecule has 2 N–H and O–H groups in total. The van der Waals surface area contributed by atoms with Gasteiger partial charge in [-0.2, -0.15) is 11.3 Å². The van der Waals surface area contributed by atoms with Crippen LogP contribution in [0.15, 0.2) is 70.3 Å². The maximum absolute atomic E-state index is 12.8. The predicted octanol–water partition coefficient (Wildman–Crippen LogP) is 5.32. The van der Waals surface area contributed by atoms with Gasteiger partial charge in [0.2, 0.25) is 5.91 Å². The SMILES string of the molecule is O=C(NCc1cccc(NC(=O)C2CC2)c1)c1ccccc1SCc1ccsc1. The van der Waals surface area contributed by atoms with Gasteiger partial charge in [-0.05, 0) is 65.1 Å². The van der Waals surface area contributed by atoms with Crippen molar-refractivity contribution >= 4 is 40.6 Å². The highest BCUT2D eigenvalue weighted by Gasteiger charge is 2.29. The first-order chi connectivity index (χ1) is 14.2. The fraction of sp³-hybridized carbons (Fsp3) is 0.217. The number of hydrogen-bond acceptors (Lipinski definition) is 4. The van der Waals surface area contributed by atoms with Crippen molar-refractivity contribution in [2.45, 2.75) is 30.0 Å². The van der Waals surface area contributed by atoms with Gasteiger partial charge < -0.3 is 10.6 Å². The van der Waals surface area contributed by atoms with Gasteiger partial charge in [-0.15, -0.1) is 11.8 Å². The minimum atomic E-state index is -0.0918. The van der Waals surface area contributed by atoms with Crippen LogP contribution in [0.4, 0.5) is 5.69 Å². The number of nitrogens with one attached hydrogen (secondary N) is 2. The first-order valence-corrected chi connectivity index (χ1v) is 11.5. The third-order valence-corrected chi connectivity index (χ3v) is 6.58. The molecule has 29 heavy (non-hydrogen) atoms. The third kappa shape index (κ3) is 5.49. The largest absolute Gasteiger partial charge is 0.348 e. The Hall–Kier alpha value is -2.57. The van der Waals surface area contributed by atoms with Crippen LogP contribution in [0, 0.1) is 5.92 Å². The molecular formula is C23H22N2O2S2. The molecule has 1 aliphatic carbocycles. The van der Waals surface area contributed by atoms with Crippen molar-refractivity contribution in [2.24, 2.45) is 5.92 Å². The Balaban J connectivity index is 1.36. The molecule has 4 rings (SSSR count). The number of thiophene rings is 1. The molecule has 1 heterocycles. The van der Waals surface area contributed by atoms with Gasteiger partial charge in [0, 0.05) is 28.8 Å². The van der Waals surface area contributed by atoms with Crippen molar-refractivity contribution in [3.05, 3.63) is 82.0 Å². The van der Waals surface area contributed by atoms with Crippen molar-refractivity contribution in [2.75, 3.05) is 5.32 Å². The van der Waals surface area contributed by atoms with Gasteiger partial charge in [0.15, 0.2) is 0 Å². The summed E-state index contributed by atoms with van der Waals surface area (Å²) in [5.74, 6) is 1.01. The van der Waals surface area contributed by atoms with Crippen LogP contribution >= 0.6 is 23.1 Å². The summed E-state index contributed by atoms with van der Waals surface area (Å²) in [6.45, 7) is 0.412. The van der Waals surface area contributed by atoms with Crippen molar-refractivity contribution in [3.8, 4) is 0 Å². The fourth-order valence-electron chi connectivity index (χ4n) is 2.94. The van der Waals surface area contributed by atoms with E-state index in [-0.39, 0.29) is 17.7 Å². The van der Waals surface area contributed by atoms with Crippen molar-refractivity contribution in [1.82, 2.24) is 5.32 Å². The molecule has 0 bridgehead atoms. The lowest BCUT2D eigenvalue weighted by Gasteiger charge is -2.11. The summed E-state index contributed by atoms with van der Waals surface area (Å²) in [4.78, 5) is 25.7. The van der Waals surface area contributed by atoms with Crippen LogP contribution in [-0.2, 0) is 17.1 Å². The molecule has 148 valence electrons. The summed E-state index contributed by atoms with van der Waals surface area (Å²) in [5, 5.41) is 10.1. The van der Waals surface area contributed by atoms with Crippen LogP contribution in [0.3, 0.4) is 0 Å². The predicted molar refractivity (Wildman–Crippen MR) is 119 cm³/mol. The quantitative estimate of drug-likeness (QED) is 0.483. The second-order valence-corrected chi connectivity index (χ2v) is 8.86. The average Bonchev–Trinajstić information content (AvgIpc) is 3.47. The maximum atomic E-state index is 12.8. The van der Waals surface area contributed by atoms with E-state index in [1.807, 2.05) is 48.5 Å². The van der Waals surface area contributed by atoms with Gasteiger partial charge in [0.25, 0.3) is 5.91 Å². The fourth-order valence-corrected chi connectivity index (χ4v) is 4.71. The van der Waals surface area contributed by atoms with E-state index in [4.69, 9.17) is 0 Å². The number of amides is 2. The zero-order chi connectivity index (χ0) is 20.1. The molecule has 0 unspecified atom stereocenters. The van der Waals surface area contributed by atoms with Gasteiger partial charge in [-0.3, -0.25) is 9.59 Å². The molecule has 2 aromatic carbocycles. The van der Waals surface area contributed by atoms with E-state index in [0.29, 0.717) is 12.1 Å². The van der Waals surface area contributed by atoms with Crippen LogP contribution in [0.5, 0.6) is 0 Å². The standard InChI is InChI=1S/C23H22N2O2S2/c26-22(18-8-9-18)25-19-5-3-4-16(12-19)13-24-23(27)20-6-1-2-7-21(20)29-15-17-10-11-28-14-17/h1-7,10-12,14,18H,8-9,13,15H2,(H,24,27)(H,25,26). The van der Waals surface area contributed by atoms with Gasteiger partial charge in [0.05, 0.1) is 5.56 Å². The molecule has 1 aliphatic rings. The molecule has 2 amide bonds. The summed E-state index contributed by atoms with van der Waals surface area (Å²) < 4.78 is 0. The minimum Gasteiger partial charge on any atom is -0.348 e. The number of rotatable bonds is 8. The van der Waals surface area contributed by atoms with E-state index in [9.17, 15) is 9.59 Å². The Morgan fingerprint density at radius 3 is 2.69 bits per heavy atom. The Labute approximate surface area is 178 Å². The lowest BCUT2D eigenvalue weighted by Crippen LogP contribution is -2.23. The Kier molecular flexibility index (Phi) is 6.32. The molecule has 6 heteroatoms. The first kappa shape index (κ1) is 19.7. The lowest BCUT2D eigenvalue weighted by molar-refractivity contribution is -0.117.